The molecule has 58 heavy (non-hydrogen) atoms. The van der Waals surface area contributed by atoms with Gasteiger partial charge in [0, 0.05) is 31.2 Å². The van der Waals surface area contributed by atoms with E-state index in [2.05, 4.69) is 27.8 Å². The maximum Gasteiger partial charge on any atom is 0.411 e. The van der Waals surface area contributed by atoms with E-state index in [1.807, 2.05) is 0 Å². The molecule has 2 aromatic rings. The number of carbonyl (C=O) groups is 5. The number of amides is 3. The molecule has 1 aliphatic heterocycles. The Labute approximate surface area is 335 Å². The highest BCUT2D eigenvalue weighted by Gasteiger charge is 2.48. The number of aliphatic hydroxyl groups is 3. The summed E-state index contributed by atoms with van der Waals surface area (Å²) in [4.78, 5) is 61.6. The summed E-state index contributed by atoms with van der Waals surface area (Å²) in [5.41, 5.74) is 6.59. The standard InChI is InChI=1S/C40H52N4O14/c1-40(2,38(52)53)20-25(41)18-23-10-13-26(14-11-23)44-39(54)56-21-24-12-15-29(57-37-33(48)31(46)32(47)34(58-37)36(50)51)28(19-24)35(49)43-17-16-42-30(45)22-55-27-8-6-4-3-5-7-9-27/h10-15,19,25,27,31-34,37,46-48H,3-6,8,16-18,20-22,41H2,1-2H3,(H,42,45)(H,43,49)(H,44,54)(H,50,51)(H,52,53)/t25-,27?,31-,32-,33+,34-,37+/m0/s1. The van der Waals surface area contributed by atoms with Crippen molar-refractivity contribution in [2.75, 3.05) is 25.0 Å². The number of aliphatic carboxylic acids is 2. The summed E-state index contributed by atoms with van der Waals surface area (Å²) in [6.45, 7) is 2.66. The Bertz CT molecular complexity index is 1810. The van der Waals surface area contributed by atoms with Crippen LogP contribution in [0.3, 0.4) is 0 Å². The fourth-order valence-corrected chi connectivity index (χ4v) is 6.17. The van der Waals surface area contributed by atoms with Gasteiger partial charge in [0.1, 0.15) is 43.4 Å². The predicted molar refractivity (Wildman–Crippen MR) is 205 cm³/mol. The number of hydrogen-bond acceptors (Lipinski definition) is 13. The molecule has 316 valence electrons. The van der Waals surface area contributed by atoms with Crippen molar-refractivity contribution in [3.05, 3.63) is 59.2 Å². The van der Waals surface area contributed by atoms with Gasteiger partial charge in [-0.15, -0.1) is 5.92 Å². The molecule has 1 saturated heterocycles. The summed E-state index contributed by atoms with van der Waals surface area (Å²) >= 11 is 0. The van der Waals surface area contributed by atoms with Gasteiger partial charge in [-0.2, -0.15) is 0 Å². The molecule has 18 heteroatoms. The van der Waals surface area contributed by atoms with E-state index in [9.17, 15) is 49.5 Å². The summed E-state index contributed by atoms with van der Waals surface area (Å²) in [7, 11) is 0. The third-order valence-electron chi connectivity index (χ3n) is 9.44. The van der Waals surface area contributed by atoms with Crippen molar-refractivity contribution < 1.29 is 68.5 Å². The molecule has 10 N–H and O–H groups in total. The van der Waals surface area contributed by atoms with Crippen LogP contribution in [0.1, 0.15) is 73.9 Å². The van der Waals surface area contributed by atoms with E-state index in [1.165, 1.54) is 18.2 Å². The first-order chi connectivity index (χ1) is 27.5. The summed E-state index contributed by atoms with van der Waals surface area (Å²) < 4.78 is 21.9. The molecule has 0 radical (unpaired) electrons. The molecular formula is C40H52N4O14. The molecule has 4 rings (SSSR count). The van der Waals surface area contributed by atoms with Crippen LogP contribution in [-0.4, -0.2) is 118 Å². The normalized spacial score (nSPS) is 22.4. The van der Waals surface area contributed by atoms with E-state index >= 15 is 0 Å². The number of nitrogens with one attached hydrogen (secondary N) is 3. The predicted octanol–water partition coefficient (Wildman–Crippen LogP) is 1.28. The van der Waals surface area contributed by atoms with Crippen LogP contribution in [0.4, 0.5) is 10.5 Å². The Morgan fingerprint density at radius 3 is 2.34 bits per heavy atom. The highest BCUT2D eigenvalue weighted by Crippen LogP contribution is 2.28. The maximum absolute atomic E-state index is 13.5. The molecule has 1 aliphatic carbocycles. The SMILES string of the molecule is CC(C)(C[C@@H](N)Cc1ccc(NC(=O)OCc2ccc(O[C@@H]3O[C@H](C(=O)O)[C@@H](O)[C@H](O)[C@H]3O)c(C(=O)NCCNC(=O)COC3C#CCCCCC3)c2)cc1)C(=O)O. The lowest BCUT2D eigenvalue weighted by molar-refractivity contribution is -0.271. The van der Waals surface area contributed by atoms with Gasteiger partial charge in [0.15, 0.2) is 6.10 Å². The summed E-state index contributed by atoms with van der Waals surface area (Å²) in [5.74, 6) is 2.15. The van der Waals surface area contributed by atoms with Gasteiger partial charge in [-0.1, -0.05) is 30.5 Å². The van der Waals surface area contributed by atoms with E-state index in [0.717, 1.165) is 37.7 Å². The Hall–Kier alpha value is -5.29. The van der Waals surface area contributed by atoms with Gasteiger partial charge >= 0.3 is 18.0 Å². The Morgan fingerprint density at radius 1 is 0.931 bits per heavy atom. The van der Waals surface area contributed by atoms with Crippen molar-refractivity contribution in [3.8, 4) is 17.6 Å². The highest BCUT2D eigenvalue weighted by atomic mass is 16.7. The molecule has 2 aliphatic rings. The first-order valence-electron chi connectivity index (χ1n) is 18.9. The molecule has 1 heterocycles. The number of carboxylic acid groups (broad SMARTS) is 2. The van der Waals surface area contributed by atoms with E-state index in [4.69, 9.17) is 24.7 Å². The Balaban J connectivity index is 1.37. The van der Waals surface area contributed by atoms with Crippen molar-refractivity contribution in [2.45, 2.75) is 108 Å². The third kappa shape index (κ3) is 13.7. The van der Waals surface area contributed by atoms with Crippen LogP contribution in [0.15, 0.2) is 42.5 Å². The number of hydrogen-bond donors (Lipinski definition) is 9. The zero-order valence-corrected chi connectivity index (χ0v) is 32.3. The van der Waals surface area contributed by atoms with Crippen molar-refractivity contribution in [1.29, 1.82) is 0 Å². The first kappa shape index (κ1) is 45.4. The lowest BCUT2D eigenvalue weighted by Crippen LogP contribution is -2.61. The molecule has 0 aromatic heterocycles. The molecule has 0 bridgehead atoms. The monoisotopic (exact) mass is 812 g/mol. The number of ether oxygens (including phenoxy) is 4. The van der Waals surface area contributed by atoms with Crippen molar-refractivity contribution >= 4 is 35.5 Å². The number of aliphatic hydroxyl groups excluding tert-OH is 3. The molecule has 1 fully saturated rings. The number of rotatable bonds is 18. The molecule has 3 amide bonds. The fraction of sp³-hybridized carbons (Fsp3) is 0.525. The second-order valence-electron chi connectivity index (χ2n) is 14.8. The molecule has 2 aromatic carbocycles. The number of nitrogens with two attached hydrogens (primary N) is 1. The third-order valence-corrected chi connectivity index (χ3v) is 9.44. The molecule has 1 unspecified atom stereocenters. The summed E-state index contributed by atoms with van der Waals surface area (Å²) in [5, 5.41) is 57.5. The quantitative estimate of drug-likeness (QED) is 0.0757. The summed E-state index contributed by atoms with van der Waals surface area (Å²) in [6, 6.07) is 10.4. The lowest BCUT2D eigenvalue weighted by Gasteiger charge is -2.38. The van der Waals surface area contributed by atoms with Crippen LogP contribution >= 0.6 is 0 Å². The minimum atomic E-state index is -1.97. The van der Waals surface area contributed by atoms with Gasteiger partial charge < -0.3 is 60.8 Å². The van der Waals surface area contributed by atoms with Gasteiger partial charge in [0.05, 0.1) is 11.0 Å². The van der Waals surface area contributed by atoms with Crippen LogP contribution in [0.2, 0.25) is 0 Å². The average Bonchev–Trinajstić information content (AvgIpc) is 3.16. The van der Waals surface area contributed by atoms with Gasteiger partial charge in [-0.05, 0) is 81.3 Å². The molecule has 18 nitrogen and oxygen atoms in total. The van der Waals surface area contributed by atoms with Crippen molar-refractivity contribution in [3.63, 3.8) is 0 Å². The topological polar surface area (TPSA) is 286 Å². The second kappa shape index (κ2) is 21.5. The Kier molecular flexibility index (Phi) is 16.8. The molecule has 0 saturated carbocycles. The molecule has 0 spiro atoms. The fourth-order valence-electron chi connectivity index (χ4n) is 6.17. The molecule has 7 atom stereocenters. The van der Waals surface area contributed by atoms with E-state index < -0.39 is 72.0 Å². The summed E-state index contributed by atoms with van der Waals surface area (Å²) in [6.07, 6.45) is -5.51. The number of carboxylic acids is 2. The zero-order chi connectivity index (χ0) is 42.4. The van der Waals surface area contributed by atoms with Gasteiger partial charge in [-0.25, -0.2) is 9.59 Å². The smallest absolute Gasteiger partial charge is 0.411 e. The van der Waals surface area contributed by atoms with Gasteiger partial charge in [0.2, 0.25) is 12.2 Å². The average molecular weight is 813 g/mol. The number of carbonyl (C=O) groups excluding carboxylic acids is 3. The van der Waals surface area contributed by atoms with Crippen LogP contribution < -0.4 is 26.4 Å². The van der Waals surface area contributed by atoms with E-state index in [1.54, 1.807) is 38.1 Å². The number of benzene rings is 2. The van der Waals surface area contributed by atoms with Crippen LogP contribution in [-0.2, 0) is 41.6 Å². The van der Waals surface area contributed by atoms with E-state index in [-0.39, 0.29) is 50.1 Å². The van der Waals surface area contributed by atoms with Crippen molar-refractivity contribution in [1.82, 2.24) is 10.6 Å². The minimum Gasteiger partial charge on any atom is -0.481 e. The lowest BCUT2D eigenvalue weighted by atomic mass is 9.84. The van der Waals surface area contributed by atoms with Gasteiger partial charge in [0.25, 0.3) is 5.91 Å². The first-order valence-corrected chi connectivity index (χ1v) is 18.9. The minimum absolute atomic E-state index is 0.0228. The van der Waals surface area contributed by atoms with Crippen LogP contribution in [0.5, 0.6) is 5.75 Å². The van der Waals surface area contributed by atoms with Crippen LogP contribution in [0.25, 0.3) is 0 Å². The van der Waals surface area contributed by atoms with Gasteiger partial charge in [-0.3, -0.25) is 19.7 Å². The second-order valence-corrected chi connectivity index (χ2v) is 14.8. The molecular weight excluding hydrogens is 760 g/mol. The number of anilines is 1. The van der Waals surface area contributed by atoms with Crippen LogP contribution in [0, 0.1) is 17.3 Å². The zero-order valence-electron chi connectivity index (χ0n) is 32.3. The van der Waals surface area contributed by atoms with E-state index in [0.29, 0.717) is 17.7 Å². The maximum atomic E-state index is 13.5. The largest absolute Gasteiger partial charge is 0.481 e. The highest BCUT2D eigenvalue weighted by molar-refractivity contribution is 5.97. The Morgan fingerprint density at radius 2 is 1.64 bits per heavy atom. The van der Waals surface area contributed by atoms with Crippen molar-refractivity contribution in [2.24, 2.45) is 11.1 Å².